The minimum atomic E-state index is 0. The van der Waals surface area contributed by atoms with E-state index in [0.29, 0.717) is 0 Å². The van der Waals surface area contributed by atoms with Crippen molar-refractivity contribution in [3.63, 3.8) is 0 Å². The van der Waals surface area contributed by atoms with Gasteiger partial charge in [0.15, 0.2) is 5.96 Å². The summed E-state index contributed by atoms with van der Waals surface area (Å²) in [6.07, 6.45) is 4.16. The van der Waals surface area contributed by atoms with Gasteiger partial charge in [-0.15, -0.1) is 24.0 Å². The Kier molecular flexibility index (Phi) is 9.09. The van der Waals surface area contributed by atoms with E-state index in [2.05, 4.69) is 67.8 Å². The fourth-order valence-corrected chi connectivity index (χ4v) is 3.14. The van der Waals surface area contributed by atoms with Gasteiger partial charge in [0.25, 0.3) is 0 Å². The van der Waals surface area contributed by atoms with E-state index in [0.717, 1.165) is 51.9 Å². The summed E-state index contributed by atoms with van der Waals surface area (Å²) in [4.78, 5) is 6.78. The van der Waals surface area contributed by atoms with Crippen LogP contribution < -0.4 is 10.6 Å². The lowest BCUT2D eigenvalue weighted by Crippen LogP contribution is -2.37. The highest BCUT2D eigenvalue weighted by atomic mass is 127. The van der Waals surface area contributed by atoms with Crippen LogP contribution >= 0.6 is 24.0 Å². The molecule has 6 nitrogen and oxygen atoms in total. The second-order valence-corrected chi connectivity index (χ2v) is 6.62. The van der Waals surface area contributed by atoms with Crippen molar-refractivity contribution in [2.75, 3.05) is 33.4 Å². The average Bonchev–Trinajstić information content (AvgIpc) is 3.09. The van der Waals surface area contributed by atoms with E-state index in [1.54, 1.807) is 7.05 Å². The summed E-state index contributed by atoms with van der Waals surface area (Å²) in [7, 11) is 3.84. The standard InChI is InChI=1S/C20H29N5O.HI/c1-21-20(22-13-17-7-8-24(2)15-17)23-14-18-5-3-4-6-19(18)16-25-9-11-26-12-10-25;/h3-8,15H,9-14,16H2,1-2H3,(H2,21,22,23);1H. The molecule has 0 spiro atoms. The highest BCUT2D eigenvalue weighted by Gasteiger charge is 2.12. The molecule has 1 saturated heterocycles. The van der Waals surface area contributed by atoms with Gasteiger partial charge in [-0.1, -0.05) is 24.3 Å². The average molecular weight is 483 g/mol. The summed E-state index contributed by atoms with van der Waals surface area (Å²) in [5.74, 6) is 0.815. The molecule has 0 aliphatic carbocycles. The molecule has 27 heavy (non-hydrogen) atoms. The molecule has 1 aliphatic rings. The third-order valence-corrected chi connectivity index (χ3v) is 4.64. The van der Waals surface area contributed by atoms with E-state index < -0.39 is 0 Å². The number of morpholine rings is 1. The minimum Gasteiger partial charge on any atom is -0.379 e. The molecule has 1 fully saturated rings. The number of nitrogens with one attached hydrogen (secondary N) is 2. The maximum absolute atomic E-state index is 5.45. The van der Waals surface area contributed by atoms with E-state index in [-0.39, 0.29) is 24.0 Å². The molecule has 0 radical (unpaired) electrons. The molecule has 0 saturated carbocycles. The summed E-state index contributed by atoms with van der Waals surface area (Å²) in [6.45, 7) is 6.15. The first kappa shape index (κ1) is 21.7. The van der Waals surface area contributed by atoms with Gasteiger partial charge in [-0.2, -0.15) is 0 Å². The summed E-state index contributed by atoms with van der Waals surface area (Å²) < 4.78 is 7.50. The number of rotatable bonds is 6. The smallest absolute Gasteiger partial charge is 0.191 e. The Morgan fingerprint density at radius 2 is 1.78 bits per heavy atom. The first-order chi connectivity index (χ1) is 12.7. The molecular weight excluding hydrogens is 453 g/mol. The van der Waals surface area contributed by atoms with Gasteiger partial charge in [0, 0.05) is 59.2 Å². The maximum atomic E-state index is 5.45. The number of halogens is 1. The van der Waals surface area contributed by atoms with Crippen LogP contribution in [0.1, 0.15) is 16.7 Å². The van der Waals surface area contributed by atoms with Gasteiger partial charge in [0.1, 0.15) is 0 Å². The Labute approximate surface area is 179 Å². The first-order valence-corrected chi connectivity index (χ1v) is 9.17. The van der Waals surface area contributed by atoms with Crippen LogP contribution in [-0.2, 0) is 31.4 Å². The van der Waals surface area contributed by atoms with Crippen LogP contribution in [0, 0.1) is 0 Å². The SMILES string of the molecule is CN=C(NCc1ccn(C)c1)NCc1ccccc1CN1CCOCC1.I. The van der Waals surface area contributed by atoms with Gasteiger partial charge in [0.2, 0.25) is 0 Å². The summed E-state index contributed by atoms with van der Waals surface area (Å²) in [6, 6.07) is 10.7. The Morgan fingerprint density at radius 3 is 2.44 bits per heavy atom. The number of aliphatic imine (C=N–C) groups is 1. The predicted octanol–water partition coefficient (Wildman–Crippen LogP) is 2.34. The molecule has 148 valence electrons. The van der Waals surface area contributed by atoms with Crippen molar-refractivity contribution >= 4 is 29.9 Å². The summed E-state index contributed by atoms with van der Waals surface area (Å²) in [5.41, 5.74) is 3.91. The molecule has 0 amide bonds. The van der Waals surface area contributed by atoms with Gasteiger partial charge in [-0.3, -0.25) is 9.89 Å². The first-order valence-electron chi connectivity index (χ1n) is 9.17. The zero-order valence-corrected chi connectivity index (χ0v) is 18.5. The van der Waals surface area contributed by atoms with Crippen LogP contribution in [0.4, 0.5) is 0 Å². The van der Waals surface area contributed by atoms with Crippen LogP contribution in [0.5, 0.6) is 0 Å². The molecule has 3 rings (SSSR count). The zero-order valence-electron chi connectivity index (χ0n) is 16.1. The topological polar surface area (TPSA) is 53.8 Å². The molecule has 1 aromatic carbocycles. The van der Waals surface area contributed by atoms with Gasteiger partial charge in [-0.05, 0) is 22.8 Å². The highest BCUT2D eigenvalue weighted by molar-refractivity contribution is 14.0. The second kappa shape index (κ2) is 11.3. The number of aromatic nitrogens is 1. The molecule has 0 bridgehead atoms. The lowest BCUT2D eigenvalue weighted by Gasteiger charge is -2.27. The van der Waals surface area contributed by atoms with Crippen LogP contribution in [0.3, 0.4) is 0 Å². The van der Waals surface area contributed by atoms with Crippen molar-refractivity contribution in [3.8, 4) is 0 Å². The molecular formula is C20H30IN5O. The molecule has 2 aromatic rings. The third kappa shape index (κ3) is 6.82. The fraction of sp³-hybridized carbons (Fsp3) is 0.450. The Bertz CT molecular complexity index is 725. The van der Waals surface area contributed by atoms with Crippen LogP contribution in [0.15, 0.2) is 47.7 Å². The minimum absolute atomic E-state index is 0. The van der Waals surface area contributed by atoms with Crippen molar-refractivity contribution in [2.45, 2.75) is 19.6 Å². The van der Waals surface area contributed by atoms with E-state index in [1.807, 2.05) is 7.05 Å². The molecule has 0 atom stereocenters. The van der Waals surface area contributed by atoms with Gasteiger partial charge in [-0.25, -0.2) is 0 Å². The quantitative estimate of drug-likeness (QED) is 0.377. The molecule has 1 aliphatic heterocycles. The normalized spacial score (nSPS) is 15.3. The van der Waals surface area contributed by atoms with Crippen molar-refractivity contribution < 1.29 is 4.74 Å². The largest absolute Gasteiger partial charge is 0.379 e. The van der Waals surface area contributed by atoms with Crippen LogP contribution in [0.25, 0.3) is 0 Å². The van der Waals surface area contributed by atoms with Crippen molar-refractivity contribution in [1.82, 2.24) is 20.1 Å². The fourth-order valence-electron chi connectivity index (χ4n) is 3.14. The number of hydrogen-bond acceptors (Lipinski definition) is 3. The third-order valence-electron chi connectivity index (χ3n) is 4.64. The Hall–Kier alpha value is -1.58. The molecule has 7 heteroatoms. The van der Waals surface area contributed by atoms with Gasteiger partial charge >= 0.3 is 0 Å². The van der Waals surface area contributed by atoms with Gasteiger partial charge < -0.3 is 19.9 Å². The van der Waals surface area contributed by atoms with Crippen LogP contribution in [-0.4, -0.2) is 48.8 Å². The molecule has 1 aromatic heterocycles. The molecule has 2 heterocycles. The number of guanidine groups is 1. The monoisotopic (exact) mass is 483 g/mol. The summed E-state index contributed by atoms with van der Waals surface area (Å²) in [5, 5.41) is 6.80. The Morgan fingerprint density at radius 1 is 1.07 bits per heavy atom. The van der Waals surface area contributed by atoms with Crippen molar-refractivity contribution in [2.24, 2.45) is 12.0 Å². The maximum Gasteiger partial charge on any atom is 0.191 e. The van der Waals surface area contributed by atoms with Crippen molar-refractivity contribution in [3.05, 3.63) is 59.4 Å². The van der Waals surface area contributed by atoms with E-state index >= 15 is 0 Å². The molecule has 2 N–H and O–H groups in total. The molecule has 0 unspecified atom stereocenters. The lowest BCUT2D eigenvalue weighted by molar-refractivity contribution is 0.0341. The van der Waals surface area contributed by atoms with Crippen LogP contribution in [0.2, 0.25) is 0 Å². The van der Waals surface area contributed by atoms with E-state index in [4.69, 9.17) is 4.74 Å². The van der Waals surface area contributed by atoms with Gasteiger partial charge in [0.05, 0.1) is 13.2 Å². The predicted molar refractivity (Wildman–Crippen MR) is 120 cm³/mol. The second-order valence-electron chi connectivity index (χ2n) is 6.62. The highest BCUT2D eigenvalue weighted by Crippen LogP contribution is 2.13. The number of hydrogen-bond donors (Lipinski definition) is 2. The lowest BCUT2D eigenvalue weighted by atomic mass is 10.1. The number of ether oxygens (including phenoxy) is 1. The number of aryl methyl sites for hydroxylation is 1. The zero-order chi connectivity index (χ0) is 18.2. The van der Waals surface area contributed by atoms with E-state index in [9.17, 15) is 0 Å². The number of nitrogens with zero attached hydrogens (tertiary/aromatic N) is 3. The summed E-state index contributed by atoms with van der Waals surface area (Å²) >= 11 is 0. The number of benzene rings is 1. The van der Waals surface area contributed by atoms with Crippen molar-refractivity contribution in [1.29, 1.82) is 0 Å². The Balaban J connectivity index is 0.00000261. The van der Waals surface area contributed by atoms with E-state index in [1.165, 1.54) is 16.7 Å².